The average molecular weight is 305 g/mol. The van der Waals surface area contributed by atoms with E-state index in [9.17, 15) is 0 Å². The summed E-state index contributed by atoms with van der Waals surface area (Å²) in [7, 11) is 1.62. The highest BCUT2D eigenvalue weighted by atomic mass is 79.9. The maximum Gasteiger partial charge on any atom is 0.159 e. The third-order valence-corrected chi connectivity index (χ3v) is 3.61. The van der Waals surface area contributed by atoms with E-state index >= 15 is 0 Å². The monoisotopic (exact) mass is 303 g/mol. The van der Waals surface area contributed by atoms with Crippen molar-refractivity contribution >= 4 is 38.9 Å². The first-order chi connectivity index (χ1) is 7.20. The first-order valence-corrected chi connectivity index (χ1v) is 6.20. The lowest BCUT2D eigenvalue weighted by molar-refractivity contribution is 0.415. The Hall–Kier alpha value is -0.580. The SMILES string of the molecule is COc1ccc(-c2csc(Br)n2)c(Cl)c1. The van der Waals surface area contributed by atoms with E-state index in [4.69, 9.17) is 16.3 Å². The highest BCUT2D eigenvalue weighted by Gasteiger charge is 2.08. The molecule has 0 bridgehead atoms. The molecule has 1 aromatic carbocycles. The van der Waals surface area contributed by atoms with E-state index in [1.54, 1.807) is 13.2 Å². The second-order valence-electron chi connectivity index (χ2n) is 2.83. The van der Waals surface area contributed by atoms with Gasteiger partial charge in [-0.05, 0) is 34.1 Å². The fraction of sp³-hybridized carbons (Fsp3) is 0.100. The van der Waals surface area contributed by atoms with Gasteiger partial charge in [0.15, 0.2) is 3.92 Å². The van der Waals surface area contributed by atoms with Gasteiger partial charge in [-0.2, -0.15) is 0 Å². The summed E-state index contributed by atoms with van der Waals surface area (Å²) >= 11 is 11.0. The molecule has 0 aliphatic rings. The zero-order valence-electron chi connectivity index (χ0n) is 7.83. The third-order valence-electron chi connectivity index (χ3n) is 1.93. The van der Waals surface area contributed by atoms with Gasteiger partial charge in [0.2, 0.25) is 0 Å². The Bertz CT molecular complexity index is 486. The van der Waals surface area contributed by atoms with Crippen LogP contribution in [0.4, 0.5) is 0 Å². The normalized spacial score (nSPS) is 10.3. The Morgan fingerprint density at radius 3 is 2.80 bits per heavy atom. The topological polar surface area (TPSA) is 22.1 Å². The number of thiazole rings is 1. The van der Waals surface area contributed by atoms with Crippen LogP contribution in [0.3, 0.4) is 0 Å². The van der Waals surface area contributed by atoms with E-state index in [-0.39, 0.29) is 0 Å². The van der Waals surface area contributed by atoms with Crippen molar-refractivity contribution in [2.75, 3.05) is 7.11 Å². The zero-order chi connectivity index (χ0) is 10.8. The highest BCUT2D eigenvalue weighted by Crippen LogP contribution is 2.32. The minimum Gasteiger partial charge on any atom is -0.497 e. The molecule has 0 atom stereocenters. The van der Waals surface area contributed by atoms with Crippen LogP contribution in [0.25, 0.3) is 11.3 Å². The number of rotatable bonds is 2. The van der Waals surface area contributed by atoms with Crippen molar-refractivity contribution in [1.29, 1.82) is 0 Å². The summed E-state index contributed by atoms with van der Waals surface area (Å²) in [5.74, 6) is 0.748. The van der Waals surface area contributed by atoms with Crippen LogP contribution in [0, 0.1) is 0 Å². The minimum absolute atomic E-state index is 0.646. The van der Waals surface area contributed by atoms with Gasteiger partial charge in [-0.15, -0.1) is 11.3 Å². The van der Waals surface area contributed by atoms with Gasteiger partial charge < -0.3 is 4.74 Å². The third kappa shape index (κ3) is 2.33. The van der Waals surface area contributed by atoms with Gasteiger partial charge in [0.1, 0.15) is 5.75 Å². The number of ether oxygens (including phenoxy) is 1. The van der Waals surface area contributed by atoms with Gasteiger partial charge >= 0.3 is 0 Å². The fourth-order valence-electron chi connectivity index (χ4n) is 1.21. The second-order valence-corrected chi connectivity index (χ2v) is 5.37. The molecule has 0 amide bonds. The zero-order valence-corrected chi connectivity index (χ0v) is 11.0. The molecule has 0 aliphatic carbocycles. The smallest absolute Gasteiger partial charge is 0.159 e. The number of hydrogen-bond acceptors (Lipinski definition) is 3. The Balaban J connectivity index is 2.45. The molecule has 0 aliphatic heterocycles. The van der Waals surface area contributed by atoms with Crippen molar-refractivity contribution in [3.05, 3.63) is 32.5 Å². The lowest BCUT2D eigenvalue weighted by atomic mass is 10.2. The van der Waals surface area contributed by atoms with Gasteiger partial charge in [-0.1, -0.05) is 11.6 Å². The van der Waals surface area contributed by atoms with E-state index in [0.29, 0.717) is 5.02 Å². The summed E-state index contributed by atoms with van der Waals surface area (Å²) in [6.45, 7) is 0. The van der Waals surface area contributed by atoms with Crippen LogP contribution < -0.4 is 4.74 Å². The van der Waals surface area contributed by atoms with Crippen molar-refractivity contribution in [3.8, 4) is 17.0 Å². The number of halogens is 2. The van der Waals surface area contributed by atoms with Gasteiger partial charge in [0.25, 0.3) is 0 Å². The van der Waals surface area contributed by atoms with E-state index in [1.807, 2.05) is 17.5 Å². The lowest BCUT2D eigenvalue weighted by Gasteiger charge is -2.03. The molecule has 5 heteroatoms. The average Bonchev–Trinajstić information content (AvgIpc) is 2.64. The molecule has 0 N–H and O–H groups in total. The Morgan fingerprint density at radius 2 is 2.27 bits per heavy atom. The predicted octanol–water partition coefficient (Wildman–Crippen LogP) is 4.23. The molecule has 78 valence electrons. The van der Waals surface area contributed by atoms with Crippen molar-refractivity contribution in [2.24, 2.45) is 0 Å². The van der Waals surface area contributed by atoms with Crippen LogP contribution in [0.2, 0.25) is 5.02 Å². The molecule has 1 heterocycles. The minimum atomic E-state index is 0.646. The van der Waals surface area contributed by atoms with Crippen LogP contribution >= 0.6 is 38.9 Å². The number of aromatic nitrogens is 1. The first-order valence-electron chi connectivity index (χ1n) is 4.15. The van der Waals surface area contributed by atoms with Gasteiger partial charge in [-0.3, -0.25) is 0 Å². The molecule has 2 aromatic rings. The predicted molar refractivity (Wildman–Crippen MR) is 66.8 cm³/mol. The van der Waals surface area contributed by atoms with Gasteiger partial charge in [-0.25, -0.2) is 4.98 Å². The standard InChI is InChI=1S/C10H7BrClNOS/c1-14-6-2-3-7(8(12)4-6)9-5-15-10(11)13-9/h2-5H,1H3. The van der Waals surface area contributed by atoms with Crippen LogP contribution in [0.1, 0.15) is 0 Å². The Kier molecular flexibility index (Phi) is 3.29. The van der Waals surface area contributed by atoms with Gasteiger partial charge in [0.05, 0.1) is 17.8 Å². The lowest BCUT2D eigenvalue weighted by Crippen LogP contribution is -1.84. The van der Waals surface area contributed by atoms with Crippen LogP contribution in [0.5, 0.6) is 5.75 Å². The largest absolute Gasteiger partial charge is 0.497 e. The van der Waals surface area contributed by atoms with Crippen LogP contribution in [-0.2, 0) is 0 Å². The molecule has 1 aromatic heterocycles. The van der Waals surface area contributed by atoms with E-state index in [2.05, 4.69) is 20.9 Å². The molecule has 0 saturated carbocycles. The Labute approximate surface area is 105 Å². The molecule has 2 nitrogen and oxygen atoms in total. The number of nitrogens with zero attached hydrogens (tertiary/aromatic N) is 1. The fourth-order valence-corrected chi connectivity index (χ4v) is 2.48. The van der Waals surface area contributed by atoms with Crippen molar-refractivity contribution in [3.63, 3.8) is 0 Å². The Morgan fingerprint density at radius 1 is 1.47 bits per heavy atom. The van der Waals surface area contributed by atoms with Crippen molar-refractivity contribution < 1.29 is 4.74 Å². The molecule has 15 heavy (non-hydrogen) atoms. The van der Waals surface area contributed by atoms with Crippen molar-refractivity contribution in [1.82, 2.24) is 4.98 Å². The number of hydrogen-bond donors (Lipinski definition) is 0. The molecular weight excluding hydrogens is 298 g/mol. The maximum atomic E-state index is 6.12. The summed E-state index contributed by atoms with van der Waals surface area (Å²) in [6, 6.07) is 5.56. The molecule has 2 rings (SSSR count). The summed E-state index contributed by atoms with van der Waals surface area (Å²) in [6.07, 6.45) is 0. The molecular formula is C10H7BrClNOS. The number of benzene rings is 1. The molecule has 0 radical (unpaired) electrons. The summed E-state index contributed by atoms with van der Waals surface area (Å²) < 4.78 is 5.93. The quantitative estimate of drug-likeness (QED) is 0.828. The molecule has 0 spiro atoms. The second kappa shape index (κ2) is 4.51. The van der Waals surface area contributed by atoms with E-state index in [1.165, 1.54) is 11.3 Å². The van der Waals surface area contributed by atoms with Crippen LogP contribution in [0.15, 0.2) is 27.5 Å². The van der Waals surface area contributed by atoms with Gasteiger partial charge in [0, 0.05) is 10.9 Å². The molecule has 0 saturated heterocycles. The summed E-state index contributed by atoms with van der Waals surface area (Å²) in [5.41, 5.74) is 1.79. The summed E-state index contributed by atoms with van der Waals surface area (Å²) in [4.78, 5) is 4.31. The van der Waals surface area contributed by atoms with Crippen molar-refractivity contribution in [2.45, 2.75) is 0 Å². The molecule has 0 fully saturated rings. The van der Waals surface area contributed by atoms with E-state index < -0.39 is 0 Å². The van der Waals surface area contributed by atoms with Crippen LogP contribution in [-0.4, -0.2) is 12.1 Å². The maximum absolute atomic E-state index is 6.12. The summed E-state index contributed by atoms with van der Waals surface area (Å²) in [5, 5.41) is 2.60. The molecule has 0 unspecified atom stereocenters. The number of methoxy groups -OCH3 is 1. The highest BCUT2D eigenvalue weighted by molar-refractivity contribution is 9.11. The first kappa shape index (κ1) is 10.9. The van der Waals surface area contributed by atoms with E-state index in [0.717, 1.165) is 20.9 Å².